The molecular weight excluding hydrogens is 246 g/mol. The molecule has 0 aromatic heterocycles. The molecule has 0 atom stereocenters. The van der Waals surface area contributed by atoms with Gasteiger partial charge in [0.15, 0.2) is 0 Å². The third-order valence-corrected chi connectivity index (χ3v) is 2.91. The number of aliphatic carboxylic acids is 1. The van der Waals surface area contributed by atoms with Crippen molar-refractivity contribution in [2.45, 2.75) is 26.7 Å². The minimum atomic E-state index is -0.901. The maximum Gasteiger partial charge on any atom is 0.309 e. The number of hydrogen-bond acceptors (Lipinski definition) is 3. The van der Waals surface area contributed by atoms with Gasteiger partial charge >= 0.3 is 5.97 Å². The van der Waals surface area contributed by atoms with Crippen LogP contribution >= 0.6 is 0 Å². The lowest BCUT2D eigenvalue weighted by Gasteiger charge is -2.18. The van der Waals surface area contributed by atoms with E-state index >= 15 is 0 Å². The zero-order chi connectivity index (χ0) is 14.5. The predicted molar refractivity (Wildman–Crippen MR) is 72.3 cm³/mol. The lowest BCUT2D eigenvalue weighted by molar-refractivity contribution is -0.147. The number of rotatable bonds is 6. The summed E-state index contributed by atoms with van der Waals surface area (Å²) in [5, 5.41) is 11.7. The Morgan fingerprint density at radius 3 is 2.63 bits per heavy atom. The molecule has 0 aliphatic heterocycles. The van der Waals surface area contributed by atoms with Crippen LogP contribution in [0.3, 0.4) is 0 Å². The van der Waals surface area contributed by atoms with Crippen LogP contribution in [-0.2, 0) is 9.59 Å². The van der Waals surface area contributed by atoms with Crippen LogP contribution < -0.4 is 10.1 Å². The Hall–Kier alpha value is -2.04. The summed E-state index contributed by atoms with van der Waals surface area (Å²) in [7, 11) is 1.55. The highest BCUT2D eigenvalue weighted by molar-refractivity contribution is 5.91. The second-order valence-corrected chi connectivity index (χ2v) is 4.97. The first-order chi connectivity index (χ1) is 8.85. The molecule has 0 unspecified atom stereocenters. The molecular formula is C14H19NO4. The molecule has 0 aliphatic carbocycles. The second kappa shape index (κ2) is 6.22. The van der Waals surface area contributed by atoms with Crippen molar-refractivity contribution in [1.82, 2.24) is 0 Å². The van der Waals surface area contributed by atoms with E-state index in [0.717, 1.165) is 0 Å². The number of methoxy groups -OCH3 is 1. The third-order valence-electron chi connectivity index (χ3n) is 2.91. The molecule has 0 fully saturated rings. The van der Waals surface area contributed by atoms with Crippen LogP contribution in [0.2, 0.25) is 0 Å². The maximum atomic E-state index is 11.7. The van der Waals surface area contributed by atoms with Crippen molar-refractivity contribution in [3.8, 4) is 5.75 Å². The Kier molecular flexibility index (Phi) is 4.92. The zero-order valence-corrected chi connectivity index (χ0v) is 11.4. The molecule has 0 saturated heterocycles. The van der Waals surface area contributed by atoms with Crippen molar-refractivity contribution < 1.29 is 19.4 Å². The number of amides is 1. The summed E-state index contributed by atoms with van der Waals surface area (Å²) in [4.78, 5) is 22.7. The van der Waals surface area contributed by atoms with Gasteiger partial charge in [-0.2, -0.15) is 0 Å². The van der Waals surface area contributed by atoms with E-state index in [9.17, 15) is 9.59 Å². The van der Waals surface area contributed by atoms with E-state index in [0.29, 0.717) is 11.4 Å². The summed E-state index contributed by atoms with van der Waals surface area (Å²) >= 11 is 0. The van der Waals surface area contributed by atoms with Crippen molar-refractivity contribution in [1.29, 1.82) is 0 Å². The number of ether oxygens (including phenoxy) is 1. The van der Waals surface area contributed by atoms with Gasteiger partial charge in [-0.15, -0.1) is 0 Å². The Morgan fingerprint density at radius 1 is 1.37 bits per heavy atom. The summed E-state index contributed by atoms with van der Waals surface area (Å²) < 4.78 is 5.05. The lowest BCUT2D eigenvalue weighted by atomic mass is 9.88. The van der Waals surface area contributed by atoms with Crippen LogP contribution in [0.1, 0.15) is 26.7 Å². The van der Waals surface area contributed by atoms with Gasteiger partial charge in [-0.25, -0.2) is 0 Å². The van der Waals surface area contributed by atoms with Crippen LogP contribution in [-0.4, -0.2) is 24.1 Å². The average Bonchev–Trinajstić information content (AvgIpc) is 2.36. The fraction of sp³-hybridized carbons (Fsp3) is 0.429. The summed E-state index contributed by atoms with van der Waals surface area (Å²) in [5.74, 6) is -0.451. The van der Waals surface area contributed by atoms with Gasteiger partial charge in [0.05, 0.1) is 12.5 Å². The molecule has 0 heterocycles. The molecule has 104 valence electrons. The van der Waals surface area contributed by atoms with Crippen LogP contribution in [0.25, 0.3) is 0 Å². The van der Waals surface area contributed by atoms with Crippen LogP contribution in [0, 0.1) is 5.41 Å². The first kappa shape index (κ1) is 15.0. The average molecular weight is 265 g/mol. The molecule has 0 saturated carbocycles. The highest BCUT2D eigenvalue weighted by Gasteiger charge is 2.27. The number of benzene rings is 1. The first-order valence-corrected chi connectivity index (χ1v) is 6.02. The van der Waals surface area contributed by atoms with Gasteiger partial charge in [-0.1, -0.05) is 6.07 Å². The number of carbonyl (C=O) groups is 2. The Morgan fingerprint density at radius 2 is 2.05 bits per heavy atom. The summed E-state index contributed by atoms with van der Waals surface area (Å²) in [6.07, 6.45) is 0.453. The Labute approximate surface area is 112 Å². The van der Waals surface area contributed by atoms with Gasteiger partial charge in [0, 0.05) is 18.2 Å². The van der Waals surface area contributed by atoms with Crippen LogP contribution in [0.5, 0.6) is 5.75 Å². The van der Waals surface area contributed by atoms with E-state index in [4.69, 9.17) is 9.84 Å². The molecule has 5 heteroatoms. The smallest absolute Gasteiger partial charge is 0.309 e. The Bertz CT molecular complexity index is 468. The van der Waals surface area contributed by atoms with Gasteiger partial charge in [-0.3, -0.25) is 9.59 Å². The van der Waals surface area contributed by atoms with Crippen molar-refractivity contribution in [3.05, 3.63) is 24.3 Å². The summed E-state index contributed by atoms with van der Waals surface area (Å²) in [6.45, 7) is 3.21. The SMILES string of the molecule is COc1cccc(NC(=O)CCC(C)(C)C(=O)O)c1. The predicted octanol–water partition coefficient (Wildman–Crippen LogP) is 2.52. The van der Waals surface area contributed by atoms with Crippen molar-refractivity contribution >= 4 is 17.6 Å². The highest BCUT2D eigenvalue weighted by Crippen LogP contribution is 2.23. The third kappa shape index (κ3) is 4.62. The molecule has 0 spiro atoms. The second-order valence-electron chi connectivity index (χ2n) is 4.97. The number of hydrogen-bond donors (Lipinski definition) is 2. The normalized spacial score (nSPS) is 10.9. The topological polar surface area (TPSA) is 75.6 Å². The molecule has 0 bridgehead atoms. The van der Waals surface area contributed by atoms with Gasteiger partial charge in [0.2, 0.25) is 5.91 Å². The van der Waals surface area contributed by atoms with E-state index in [1.165, 1.54) is 0 Å². The molecule has 1 rings (SSSR count). The van der Waals surface area contributed by atoms with Gasteiger partial charge in [0.1, 0.15) is 5.75 Å². The van der Waals surface area contributed by atoms with Gasteiger partial charge in [-0.05, 0) is 32.4 Å². The molecule has 1 aromatic carbocycles. The molecule has 0 aliphatic rings. The van der Waals surface area contributed by atoms with Crippen molar-refractivity contribution in [3.63, 3.8) is 0 Å². The van der Waals surface area contributed by atoms with E-state index in [2.05, 4.69) is 5.32 Å². The van der Waals surface area contributed by atoms with Crippen molar-refractivity contribution in [2.75, 3.05) is 12.4 Å². The monoisotopic (exact) mass is 265 g/mol. The first-order valence-electron chi connectivity index (χ1n) is 6.02. The molecule has 19 heavy (non-hydrogen) atoms. The fourth-order valence-electron chi connectivity index (χ4n) is 1.46. The van der Waals surface area contributed by atoms with E-state index in [1.54, 1.807) is 45.2 Å². The van der Waals surface area contributed by atoms with Crippen LogP contribution in [0.4, 0.5) is 5.69 Å². The van der Waals surface area contributed by atoms with E-state index < -0.39 is 11.4 Å². The fourth-order valence-corrected chi connectivity index (χ4v) is 1.46. The van der Waals surface area contributed by atoms with E-state index in [1.807, 2.05) is 0 Å². The molecule has 0 radical (unpaired) electrons. The Balaban J connectivity index is 2.54. The number of anilines is 1. The summed E-state index contributed by atoms with van der Waals surface area (Å²) in [5.41, 5.74) is -0.261. The zero-order valence-electron chi connectivity index (χ0n) is 11.4. The number of carbonyl (C=O) groups excluding carboxylic acids is 1. The maximum absolute atomic E-state index is 11.7. The van der Waals surface area contributed by atoms with Gasteiger partial charge in [0.25, 0.3) is 0 Å². The standard InChI is InChI=1S/C14H19NO4/c1-14(2,13(17)18)8-7-12(16)15-10-5-4-6-11(9-10)19-3/h4-6,9H,7-8H2,1-3H3,(H,15,16)(H,17,18). The van der Waals surface area contributed by atoms with Crippen molar-refractivity contribution in [2.24, 2.45) is 5.41 Å². The lowest BCUT2D eigenvalue weighted by Crippen LogP contribution is -2.25. The molecule has 5 nitrogen and oxygen atoms in total. The minimum absolute atomic E-state index is 0.163. The molecule has 2 N–H and O–H groups in total. The van der Waals surface area contributed by atoms with E-state index in [-0.39, 0.29) is 18.7 Å². The largest absolute Gasteiger partial charge is 0.497 e. The quantitative estimate of drug-likeness (QED) is 0.828. The number of carboxylic acids is 1. The molecule has 1 aromatic rings. The minimum Gasteiger partial charge on any atom is -0.497 e. The highest BCUT2D eigenvalue weighted by atomic mass is 16.5. The number of carboxylic acid groups (broad SMARTS) is 1. The molecule has 1 amide bonds. The number of nitrogens with one attached hydrogen (secondary N) is 1. The summed E-state index contributed by atoms with van der Waals surface area (Å²) in [6, 6.07) is 7.02. The van der Waals surface area contributed by atoms with Crippen LogP contribution in [0.15, 0.2) is 24.3 Å². The van der Waals surface area contributed by atoms with Gasteiger partial charge < -0.3 is 15.2 Å².